The molecule has 0 amide bonds. The maximum Gasteiger partial charge on any atom is 0.301 e. The molecule has 1 aliphatic heterocycles. The van der Waals surface area contributed by atoms with Crippen LogP contribution in [0, 0.1) is 11.7 Å². The topological polar surface area (TPSA) is 68.2 Å². The van der Waals surface area contributed by atoms with Crippen LogP contribution < -0.4 is 20.9 Å². The summed E-state index contributed by atoms with van der Waals surface area (Å²) in [6.07, 6.45) is 2.75. The third-order valence-corrected chi connectivity index (χ3v) is 6.00. The maximum absolute atomic E-state index is 14.7. The largest absolute Gasteiger partial charge is 0.480 e. The van der Waals surface area contributed by atoms with Gasteiger partial charge in [0.05, 0.1) is 22.9 Å². The number of hydrogen-bond donors (Lipinski definition) is 2. The number of hydrogen-bond acceptors (Lipinski definition) is 5. The van der Waals surface area contributed by atoms with Crippen LogP contribution in [0.1, 0.15) is 12.8 Å². The molecule has 0 bridgehead atoms. The van der Waals surface area contributed by atoms with Crippen molar-refractivity contribution in [3.05, 3.63) is 51.8 Å². The molecule has 3 aromatic rings. The maximum atomic E-state index is 14.7. The minimum Gasteiger partial charge on any atom is -0.480 e. The molecule has 1 fully saturated rings. The van der Waals surface area contributed by atoms with Gasteiger partial charge in [-0.1, -0.05) is 11.6 Å². The average molecular weight is 451 g/mol. The van der Waals surface area contributed by atoms with Crippen LogP contribution in [0.4, 0.5) is 30.2 Å². The zero-order chi connectivity index (χ0) is 21.9. The van der Waals surface area contributed by atoms with E-state index in [1.165, 1.54) is 16.8 Å². The summed E-state index contributed by atoms with van der Waals surface area (Å²) in [5, 5.41) is 6.07. The van der Waals surface area contributed by atoms with Crippen molar-refractivity contribution in [2.24, 2.45) is 13.0 Å². The van der Waals surface area contributed by atoms with Crippen LogP contribution in [-0.4, -0.2) is 28.1 Å². The first-order valence-electron chi connectivity index (χ1n) is 9.77. The first-order valence-corrected chi connectivity index (χ1v) is 10.1. The second kappa shape index (κ2) is 7.05. The molecule has 31 heavy (non-hydrogen) atoms. The number of nitrogens with zero attached hydrogens (tertiary/aromatic N) is 2. The van der Waals surface area contributed by atoms with E-state index >= 15 is 0 Å². The molecular weight excluding hydrogens is 433 g/mol. The van der Waals surface area contributed by atoms with Crippen molar-refractivity contribution in [1.29, 1.82) is 0 Å². The number of aryl methyl sites for hydroxylation is 1. The smallest absolute Gasteiger partial charge is 0.301 e. The van der Waals surface area contributed by atoms with Gasteiger partial charge in [-0.2, -0.15) is 0 Å². The van der Waals surface area contributed by atoms with Gasteiger partial charge < -0.3 is 19.9 Å². The van der Waals surface area contributed by atoms with E-state index in [9.17, 15) is 18.0 Å². The lowest BCUT2D eigenvalue weighted by Crippen LogP contribution is -2.44. The summed E-state index contributed by atoms with van der Waals surface area (Å²) < 4.78 is 50.3. The van der Waals surface area contributed by atoms with Crippen LogP contribution in [0.5, 0.6) is 5.75 Å². The molecule has 162 valence electrons. The standard InChI is InChI=1S/C21H18ClF3N4O2/c1-29-14-5-4-11(27-13-6-7-26-19(22)15(13)23)8-12(14)16-17(20(29)30)31-9-21(24,25)18(28-16)10-2-3-10/h4-8,10,18,28H,2-3,9H2,1H3,(H,26,27). The predicted molar refractivity (Wildman–Crippen MR) is 112 cm³/mol. The molecular formula is C21H18ClF3N4O2. The van der Waals surface area contributed by atoms with Gasteiger partial charge in [0, 0.05) is 24.3 Å². The SMILES string of the molecule is Cn1c(=O)c2c(c3cc(Nc4ccnc(Cl)c4F)ccc31)NC(C1CC1)C(F)(F)CO2. The van der Waals surface area contributed by atoms with Gasteiger partial charge in [-0.25, -0.2) is 18.2 Å². The minimum atomic E-state index is -3.12. The summed E-state index contributed by atoms with van der Waals surface area (Å²) in [5.41, 5.74) is 0.842. The monoisotopic (exact) mass is 450 g/mol. The fourth-order valence-electron chi connectivity index (χ4n) is 3.96. The van der Waals surface area contributed by atoms with E-state index in [0.29, 0.717) is 29.4 Å². The molecule has 6 nitrogen and oxygen atoms in total. The van der Waals surface area contributed by atoms with E-state index in [1.54, 1.807) is 25.2 Å². The lowest BCUT2D eigenvalue weighted by atomic mass is 10.0. The van der Waals surface area contributed by atoms with Crippen molar-refractivity contribution >= 4 is 39.6 Å². The van der Waals surface area contributed by atoms with Crippen LogP contribution in [-0.2, 0) is 7.05 Å². The molecule has 1 aromatic carbocycles. The third-order valence-electron chi connectivity index (χ3n) is 5.74. The Bertz CT molecular complexity index is 1260. The Morgan fingerprint density at radius 1 is 1.32 bits per heavy atom. The molecule has 0 radical (unpaired) electrons. The quantitative estimate of drug-likeness (QED) is 0.567. The lowest BCUT2D eigenvalue weighted by molar-refractivity contribution is -0.0579. The molecule has 2 N–H and O–H groups in total. The number of ether oxygens (including phenoxy) is 1. The Hall–Kier alpha value is -2.94. The number of rotatable bonds is 3. The Morgan fingerprint density at radius 2 is 2.10 bits per heavy atom. The number of halogens is 4. The second-order valence-electron chi connectivity index (χ2n) is 7.90. The number of aromatic nitrogens is 2. The average Bonchev–Trinajstić information content (AvgIpc) is 3.57. The summed E-state index contributed by atoms with van der Waals surface area (Å²) in [5.74, 6) is -4.16. The van der Waals surface area contributed by atoms with E-state index in [4.69, 9.17) is 16.3 Å². The fraction of sp³-hybridized carbons (Fsp3) is 0.333. The zero-order valence-electron chi connectivity index (χ0n) is 16.4. The van der Waals surface area contributed by atoms with Gasteiger partial charge in [-0.3, -0.25) is 4.79 Å². The summed E-state index contributed by atoms with van der Waals surface area (Å²) in [4.78, 5) is 16.5. The second-order valence-corrected chi connectivity index (χ2v) is 8.26. The highest BCUT2D eigenvalue weighted by atomic mass is 35.5. The molecule has 1 atom stereocenters. The van der Waals surface area contributed by atoms with E-state index in [0.717, 1.165) is 0 Å². The van der Waals surface area contributed by atoms with E-state index < -0.39 is 29.9 Å². The zero-order valence-corrected chi connectivity index (χ0v) is 17.1. The minimum absolute atomic E-state index is 0.113. The predicted octanol–water partition coefficient (Wildman–Crippen LogP) is 4.69. The summed E-state index contributed by atoms with van der Waals surface area (Å²) in [6.45, 7) is -0.867. The van der Waals surface area contributed by atoms with Crippen molar-refractivity contribution in [3.63, 3.8) is 0 Å². The Morgan fingerprint density at radius 3 is 2.84 bits per heavy atom. The number of benzene rings is 1. The van der Waals surface area contributed by atoms with Gasteiger partial charge in [0.15, 0.2) is 17.6 Å². The van der Waals surface area contributed by atoms with Crippen LogP contribution in [0.25, 0.3) is 10.9 Å². The van der Waals surface area contributed by atoms with Crippen LogP contribution in [0.15, 0.2) is 35.3 Å². The van der Waals surface area contributed by atoms with Gasteiger partial charge in [0.2, 0.25) is 5.75 Å². The van der Waals surface area contributed by atoms with E-state index in [-0.39, 0.29) is 28.2 Å². The molecule has 3 heterocycles. The molecule has 0 spiro atoms. The lowest BCUT2D eigenvalue weighted by Gasteiger charge is -2.25. The Balaban J connectivity index is 1.65. The van der Waals surface area contributed by atoms with Crippen LogP contribution in [0.3, 0.4) is 0 Å². The Labute approximate surface area is 180 Å². The first-order chi connectivity index (χ1) is 14.8. The van der Waals surface area contributed by atoms with Gasteiger partial charge in [0.1, 0.15) is 0 Å². The van der Waals surface area contributed by atoms with Crippen LogP contribution >= 0.6 is 11.6 Å². The first kappa shape index (κ1) is 20.0. The van der Waals surface area contributed by atoms with Crippen molar-refractivity contribution in [2.45, 2.75) is 24.8 Å². The van der Waals surface area contributed by atoms with E-state index in [2.05, 4.69) is 15.6 Å². The highest BCUT2D eigenvalue weighted by Gasteiger charge is 2.51. The van der Waals surface area contributed by atoms with Crippen molar-refractivity contribution in [1.82, 2.24) is 9.55 Å². The van der Waals surface area contributed by atoms with E-state index in [1.807, 2.05) is 0 Å². The van der Waals surface area contributed by atoms with Gasteiger partial charge in [0.25, 0.3) is 5.56 Å². The van der Waals surface area contributed by atoms with Crippen LogP contribution in [0.2, 0.25) is 5.15 Å². The number of alkyl halides is 2. The molecule has 1 saturated carbocycles. The molecule has 0 saturated heterocycles. The number of nitrogens with one attached hydrogen (secondary N) is 2. The molecule has 10 heteroatoms. The molecule has 1 aliphatic carbocycles. The van der Waals surface area contributed by atoms with Gasteiger partial charge >= 0.3 is 5.92 Å². The summed E-state index contributed by atoms with van der Waals surface area (Å²) in [6, 6.07) is 5.28. The van der Waals surface area contributed by atoms with Gasteiger partial charge in [-0.05, 0) is 43.0 Å². The Kier molecular flexibility index (Phi) is 4.55. The third kappa shape index (κ3) is 3.37. The van der Waals surface area contributed by atoms with Crippen molar-refractivity contribution in [3.8, 4) is 5.75 Å². The fourth-order valence-corrected chi connectivity index (χ4v) is 4.11. The normalized spacial score (nSPS) is 19.8. The molecule has 5 rings (SSSR count). The highest BCUT2D eigenvalue weighted by molar-refractivity contribution is 6.29. The van der Waals surface area contributed by atoms with Crippen molar-refractivity contribution in [2.75, 3.05) is 17.2 Å². The number of fused-ring (bicyclic) bond motifs is 3. The van der Waals surface area contributed by atoms with Crippen molar-refractivity contribution < 1.29 is 17.9 Å². The number of pyridine rings is 2. The molecule has 1 unspecified atom stereocenters. The molecule has 2 aliphatic rings. The van der Waals surface area contributed by atoms with Gasteiger partial charge in [-0.15, -0.1) is 0 Å². The summed E-state index contributed by atoms with van der Waals surface area (Å²) >= 11 is 5.74. The highest BCUT2D eigenvalue weighted by Crippen LogP contribution is 2.45. The summed E-state index contributed by atoms with van der Waals surface area (Å²) in [7, 11) is 1.55. The number of anilines is 3. The molecule has 2 aromatic heterocycles.